The van der Waals surface area contributed by atoms with Crippen LogP contribution in [0.5, 0.6) is 0 Å². The van der Waals surface area contributed by atoms with Gasteiger partial charge in [0, 0.05) is 10.6 Å². The van der Waals surface area contributed by atoms with Gasteiger partial charge >= 0.3 is 5.97 Å². The summed E-state index contributed by atoms with van der Waals surface area (Å²) in [5.41, 5.74) is 1.60. The molecule has 7 nitrogen and oxygen atoms in total. The number of benzene rings is 2. The van der Waals surface area contributed by atoms with Gasteiger partial charge in [0.2, 0.25) is 11.7 Å². The van der Waals surface area contributed by atoms with Gasteiger partial charge in [0.05, 0.1) is 6.42 Å². The van der Waals surface area contributed by atoms with Crippen LogP contribution in [0.4, 0.5) is 0 Å². The lowest BCUT2D eigenvalue weighted by molar-refractivity contribution is -0.145. The Kier molecular flexibility index (Phi) is 6.17. The molecule has 0 radical (unpaired) electrons. The number of rotatable bonds is 7. The van der Waals surface area contributed by atoms with E-state index in [1.165, 1.54) is 0 Å². The van der Waals surface area contributed by atoms with E-state index >= 15 is 0 Å². The lowest BCUT2D eigenvalue weighted by Gasteiger charge is -2.05. The van der Waals surface area contributed by atoms with E-state index in [1.54, 1.807) is 24.3 Å². The molecule has 1 heterocycles. The van der Waals surface area contributed by atoms with Crippen molar-refractivity contribution in [2.45, 2.75) is 13.0 Å². The summed E-state index contributed by atoms with van der Waals surface area (Å²) in [6, 6.07) is 16.2. The van der Waals surface area contributed by atoms with Crippen molar-refractivity contribution in [3.05, 3.63) is 71.1 Å². The predicted molar refractivity (Wildman–Crippen MR) is 97.7 cm³/mol. The van der Waals surface area contributed by atoms with Crippen molar-refractivity contribution in [3.8, 4) is 11.4 Å². The second-order valence-corrected chi connectivity index (χ2v) is 6.05. The Labute approximate surface area is 160 Å². The Bertz CT molecular complexity index is 910. The first kappa shape index (κ1) is 18.6. The van der Waals surface area contributed by atoms with E-state index in [-0.39, 0.29) is 31.4 Å². The molecular formula is C19H16ClN3O4. The number of aromatic nitrogens is 2. The van der Waals surface area contributed by atoms with Crippen LogP contribution in [0.15, 0.2) is 59.1 Å². The molecule has 0 atom stereocenters. The lowest BCUT2D eigenvalue weighted by Crippen LogP contribution is -2.31. The molecule has 0 aliphatic heterocycles. The van der Waals surface area contributed by atoms with E-state index in [0.29, 0.717) is 10.8 Å². The van der Waals surface area contributed by atoms with Crippen LogP contribution in [0.2, 0.25) is 5.02 Å². The summed E-state index contributed by atoms with van der Waals surface area (Å²) in [5.74, 6) is -0.332. The van der Waals surface area contributed by atoms with Crippen LogP contribution in [-0.4, -0.2) is 28.6 Å². The minimum Gasteiger partial charge on any atom is -0.454 e. The minimum absolute atomic E-state index is 0.156. The first-order valence-corrected chi connectivity index (χ1v) is 8.53. The van der Waals surface area contributed by atoms with E-state index in [2.05, 4.69) is 15.5 Å². The van der Waals surface area contributed by atoms with Gasteiger partial charge < -0.3 is 14.6 Å². The van der Waals surface area contributed by atoms with E-state index in [9.17, 15) is 9.59 Å². The first-order valence-electron chi connectivity index (χ1n) is 8.15. The minimum atomic E-state index is -0.595. The number of halogens is 1. The fourth-order valence-electron chi connectivity index (χ4n) is 2.24. The molecule has 1 aromatic heterocycles. The number of ether oxygens (including phenoxy) is 1. The Morgan fingerprint density at radius 3 is 2.56 bits per heavy atom. The summed E-state index contributed by atoms with van der Waals surface area (Å²) in [7, 11) is 0. The molecule has 0 aliphatic carbocycles. The number of esters is 1. The molecule has 3 aromatic rings. The highest BCUT2D eigenvalue weighted by Crippen LogP contribution is 2.18. The van der Waals surface area contributed by atoms with E-state index in [1.807, 2.05) is 30.3 Å². The second kappa shape index (κ2) is 8.95. The number of nitrogens with zero attached hydrogens (tertiary/aromatic N) is 2. The normalized spacial score (nSPS) is 10.4. The molecule has 2 aromatic carbocycles. The van der Waals surface area contributed by atoms with Crippen molar-refractivity contribution in [2.75, 3.05) is 6.54 Å². The summed E-state index contributed by atoms with van der Waals surface area (Å²) in [6.45, 7) is -0.405. The van der Waals surface area contributed by atoms with Gasteiger partial charge in [-0.25, -0.2) is 0 Å². The summed E-state index contributed by atoms with van der Waals surface area (Å²) < 4.78 is 10.1. The maximum atomic E-state index is 11.8. The average Bonchev–Trinajstić information content (AvgIpc) is 3.15. The standard InChI is InChI=1S/C19H16ClN3O4/c20-15-8-6-14(7-9-15)19-22-17(27-23-19)12-26-18(25)11-21-16(24)10-13-4-2-1-3-5-13/h1-9H,10-12H2,(H,21,24). The lowest BCUT2D eigenvalue weighted by atomic mass is 10.1. The van der Waals surface area contributed by atoms with Crippen LogP contribution in [0.3, 0.4) is 0 Å². The Morgan fingerprint density at radius 2 is 1.81 bits per heavy atom. The number of carbonyl (C=O) groups is 2. The number of hydrogen-bond acceptors (Lipinski definition) is 6. The van der Waals surface area contributed by atoms with Gasteiger partial charge in [0.25, 0.3) is 5.89 Å². The Morgan fingerprint density at radius 1 is 1.07 bits per heavy atom. The molecule has 3 rings (SSSR count). The third kappa shape index (κ3) is 5.65. The molecule has 0 fully saturated rings. The maximum Gasteiger partial charge on any atom is 0.325 e. The zero-order chi connectivity index (χ0) is 19.1. The largest absolute Gasteiger partial charge is 0.454 e. The van der Waals surface area contributed by atoms with Crippen molar-refractivity contribution >= 4 is 23.5 Å². The molecule has 0 spiro atoms. The van der Waals surface area contributed by atoms with E-state index in [0.717, 1.165) is 11.1 Å². The van der Waals surface area contributed by atoms with Crippen LogP contribution >= 0.6 is 11.6 Å². The Hall–Kier alpha value is -3.19. The molecule has 0 saturated carbocycles. The van der Waals surface area contributed by atoms with Gasteiger partial charge in [0.1, 0.15) is 6.54 Å². The zero-order valence-corrected chi connectivity index (χ0v) is 15.0. The van der Waals surface area contributed by atoms with Gasteiger partial charge in [-0.15, -0.1) is 0 Å². The van der Waals surface area contributed by atoms with Crippen LogP contribution in [0.25, 0.3) is 11.4 Å². The van der Waals surface area contributed by atoms with Crippen LogP contribution in [0, 0.1) is 0 Å². The molecule has 0 unspecified atom stereocenters. The molecule has 27 heavy (non-hydrogen) atoms. The van der Waals surface area contributed by atoms with Crippen molar-refractivity contribution in [1.82, 2.24) is 15.5 Å². The fourth-order valence-corrected chi connectivity index (χ4v) is 2.36. The van der Waals surface area contributed by atoms with Crippen molar-refractivity contribution in [3.63, 3.8) is 0 Å². The van der Waals surface area contributed by atoms with Crippen molar-refractivity contribution in [1.29, 1.82) is 0 Å². The number of hydrogen-bond donors (Lipinski definition) is 1. The summed E-state index contributed by atoms with van der Waals surface area (Å²) in [5, 5.41) is 6.94. The number of amides is 1. The Balaban J connectivity index is 1.43. The van der Waals surface area contributed by atoms with E-state index < -0.39 is 5.97 Å². The molecule has 0 aliphatic rings. The van der Waals surface area contributed by atoms with E-state index in [4.69, 9.17) is 20.9 Å². The highest BCUT2D eigenvalue weighted by molar-refractivity contribution is 6.30. The SMILES string of the molecule is O=C(Cc1ccccc1)NCC(=O)OCc1nc(-c2ccc(Cl)cc2)no1. The van der Waals surface area contributed by atoms with Crippen LogP contribution in [-0.2, 0) is 27.4 Å². The van der Waals surface area contributed by atoms with Gasteiger partial charge in [-0.1, -0.05) is 47.1 Å². The summed E-state index contributed by atoms with van der Waals surface area (Å²) in [4.78, 5) is 27.7. The molecule has 1 N–H and O–H groups in total. The highest BCUT2D eigenvalue weighted by Gasteiger charge is 2.12. The molecule has 8 heteroatoms. The topological polar surface area (TPSA) is 94.3 Å². The molecule has 0 bridgehead atoms. The predicted octanol–water partition coefficient (Wildman–Crippen LogP) is 2.79. The zero-order valence-electron chi connectivity index (χ0n) is 14.2. The molecular weight excluding hydrogens is 370 g/mol. The third-order valence-electron chi connectivity index (χ3n) is 3.56. The van der Waals surface area contributed by atoms with Crippen LogP contribution in [0.1, 0.15) is 11.5 Å². The van der Waals surface area contributed by atoms with Crippen molar-refractivity contribution in [2.24, 2.45) is 0 Å². The molecule has 138 valence electrons. The fraction of sp³-hybridized carbons (Fsp3) is 0.158. The van der Waals surface area contributed by atoms with Crippen molar-refractivity contribution < 1.29 is 18.8 Å². The maximum absolute atomic E-state index is 11.8. The quantitative estimate of drug-likeness (QED) is 0.628. The number of nitrogens with one attached hydrogen (secondary N) is 1. The summed E-state index contributed by atoms with van der Waals surface area (Å²) >= 11 is 5.83. The van der Waals surface area contributed by atoms with Gasteiger partial charge in [-0.3, -0.25) is 9.59 Å². The third-order valence-corrected chi connectivity index (χ3v) is 3.82. The highest BCUT2D eigenvalue weighted by atomic mass is 35.5. The molecule has 1 amide bonds. The summed E-state index contributed by atoms with van der Waals surface area (Å²) in [6.07, 6.45) is 0.197. The van der Waals surface area contributed by atoms with Gasteiger partial charge in [-0.05, 0) is 29.8 Å². The second-order valence-electron chi connectivity index (χ2n) is 5.62. The van der Waals surface area contributed by atoms with Crippen LogP contribution < -0.4 is 5.32 Å². The smallest absolute Gasteiger partial charge is 0.325 e. The monoisotopic (exact) mass is 385 g/mol. The number of carbonyl (C=O) groups excluding carboxylic acids is 2. The average molecular weight is 386 g/mol. The van der Waals surface area contributed by atoms with Gasteiger partial charge in [-0.2, -0.15) is 4.98 Å². The molecule has 0 saturated heterocycles. The first-order chi connectivity index (χ1) is 13.1. The van der Waals surface area contributed by atoms with Gasteiger partial charge in [0.15, 0.2) is 6.61 Å².